The maximum atomic E-state index is 13.0. The van der Waals surface area contributed by atoms with E-state index in [0.717, 1.165) is 43.5 Å². The minimum absolute atomic E-state index is 0.0697. The van der Waals surface area contributed by atoms with Crippen LogP contribution in [0.2, 0.25) is 0 Å². The van der Waals surface area contributed by atoms with Crippen LogP contribution in [0.1, 0.15) is 41.0 Å². The molecule has 142 valence electrons. The Bertz CT molecular complexity index is 810. The number of hydrogen-bond donors (Lipinski definition) is 1. The Morgan fingerprint density at radius 1 is 1.15 bits per heavy atom. The lowest BCUT2D eigenvalue weighted by atomic mass is 9.95. The average molecular weight is 370 g/mol. The summed E-state index contributed by atoms with van der Waals surface area (Å²) in [6.07, 6.45) is 5.20. The summed E-state index contributed by atoms with van der Waals surface area (Å²) in [5, 5.41) is 0. The van der Waals surface area contributed by atoms with E-state index in [0.29, 0.717) is 18.9 Å². The highest BCUT2D eigenvalue weighted by atomic mass is 19.1. The molecule has 2 aromatic rings. The summed E-state index contributed by atoms with van der Waals surface area (Å²) in [4.78, 5) is 33.8. The van der Waals surface area contributed by atoms with E-state index in [-0.39, 0.29) is 17.4 Å². The van der Waals surface area contributed by atoms with Gasteiger partial charge in [0, 0.05) is 18.8 Å². The molecule has 0 aliphatic carbocycles. The molecular weight excluding hydrogens is 347 g/mol. The van der Waals surface area contributed by atoms with E-state index in [1.807, 2.05) is 4.90 Å². The Morgan fingerprint density at radius 2 is 1.93 bits per heavy atom. The van der Waals surface area contributed by atoms with Crippen molar-refractivity contribution >= 4 is 11.8 Å². The lowest BCUT2D eigenvalue weighted by molar-refractivity contribution is -0.130. The quantitative estimate of drug-likeness (QED) is 0.873. The maximum absolute atomic E-state index is 13.0. The van der Waals surface area contributed by atoms with Crippen LogP contribution in [0.25, 0.3) is 0 Å². The van der Waals surface area contributed by atoms with Crippen molar-refractivity contribution in [2.75, 3.05) is 13.1 Å². The predicted octanol–water partition coefficient (Wildman–Crippen LogP) is 2.13. The molecule has 0 radical (unpaired) electrons. The Hall–Kier alpha value is -2.83. The number of benzene rings is 1. The molecule has 0 spiro atoms. The van der Waals surface area contributed by atoms with E-state index >= 15 is 0 Å². The first kappa shape index (κ1) is 18.9. The van der Waals surface area contributed by atoms with E-state index in [4.69, 9.17) is 5.73 Å². The third kappa shape index (κ3) is 5.32. The van der Waals surface area contributed by atoms with Gasteiger partial charge < -0.3 is 10.6 Å². The van der Waals surface area contributed by atoms with Crippen molar-refractivity contribution in [1.82, 2.24) is 14.9 Å². The Morgan fingerprint density at radius 3 is 2.67 bits per heavy atom. The van der Waals surface area contributed by atoms with E-state index in [9.17, 15) is 14.0 Å². The number of carbonyl (C=O) groups is 2. The highest BCUT2D eigenvalue weighted by Gasteiger charge is 2.21. The van der Waals surface area contributed by atoms with Gasteiger partial charge in [0.25, 0.3) is 5.91 Å². The van der Waals surface area contributed by atoms with Gasteiger partial charge in [0.2, 0.25) is 5.91 Å². The molecule has 1 saturated heterocycles. The van der Waals surface area contributed by atoms with Crippen molar-refractivity contribution in [2.24, 2.45) is 11.7 Å². The summed E-state index contributed by atoms with van der Waals surface area (Å²) < 4.78 is 13.0. The number of aromatic nitrogens is 2. The zero-order valence-corrected chi connectivity index (χ0v) is 15.1. The molecule has 2 N–H and O–H groups in total. The summed E-state index contributed by atoms with van der Waals surface area (Å²) in [6, 6.07) is 7.70. The lowest BCUT2D eigenvalue weighted by Crippen LogP contribution is -2.33. The van der Waals surface area contributed by atoms with E-state index < -0.39 is 5.91 Å². The summed E-state index contributed by atoms with van der Waals surface area (Å²) in [7, 11) is 0. The standard InChI is InChI=1S/C20H23FN4O2/c21-16-5-3-15(4-6-16)11-19(26)25-8-1-2-14(7-9-25)10-17-12-18(20(22)27)24-13-23-17/h3-6,12-14H,1-2,7-11H2,(H2,22,27). The van der Waals surface area contributed by atoms with Crippen LogP contribution in [0.15, 0.2) is 36.7 Å². The van der Waals surface area contributed by atoms with Crippen molar-refractivity contribution in [3.63, 3.8) is 0 Å². The van der Waals surface area contributed by atoms with Gasteiger partial charge in [0.15, 0.2) is 0 Å². The molecular formula is C20H23FN4O2. The number of primary amides is 1. The van der Waals surface area contributed by atoms with Crippen molar-refractivity contribution in [3.05, 3.63) is 59.4 Å². The van der Waals surface area contributed by atoms with Crippen LogP contribution in [0, 0.1) is 11.7 Å². The minimum atomic E-state index is -0.558. The second-order valence-electron chi connectivity index (χ2n) is 6.94. The molecule has 1 fully saturated rings. The van der Waals surface area contributed by atoms with Crippen molar-refractivity contribution in [1.29, 1.82) is 0 Å². The van der Waals surface area contributed by atoms with Gasteiger partial charge >= 0.3 is 0 Å². The number of hydrogen-bond acceptors (Lipinski definition) is 4. The van der Waals surface area contributed by atoms with Crippen LogP contribution in [-0.2, 0) is 17.6 Å². The van der Waals surface area contributed by atoms with Crippen LogP contribution in [-0.4, -0.2) is 39.8 Å². The molecule has 6 nitrogen and oxygen atoms in total. The Kier molecular flexibility index (Phi) is 6.11. The summed E-state index contributed by atoms with van der Waals surface area (Å²) in [5.41, 5.74) is 7.12. The first-order valence-electron chi connectivity index (χ1n) is 9.14. The normalized spacial score (nSPS) is 17.4. The van der Waals surface area contributed by atoms with Gasteiger partial charge in [0.05, 0.1) is 6.42 Å². The number of halogens is 1. The summed E-state index contributed by atoms with van der Waals surface area (Å²) >= 11 is 0. The second-order valence-corrected chi connectivity index (χ2v) is 6.94. The maximum Gasteiger partial charge on any atom is 0.267 e. The van der Waals surface area contributed by atoms with Gasteiger partial charge in [-0.3, -0.25) is 9.59 Å². The van der Waals surface area contributed by atoms with Gasteiger partial charge in [-0.05, 0) is 55.4 Å². The highest BCUT2D eigenvalue weighted by Crippen LogP contribution is 2.22. The molecule has 1 aliphatic rings. The highest BCUT2D eigenvalue weighted by molar-refractivity contribution is 5.90. The van der Waals surface area contributed by atoms with E-state index in [1.165, 1.54) is 18.5 Å². The molecule has 2 heterocycles. The average Bonchev–Trinajstić information content (AvgIpc) is 2.89. The molecule has 1 unspecified atom stereocenters. The zero-order valence-electron chi connectivity index (χ0n) is 15.1. The van der Waals surface area contributed by atoms with Gasteiger partial charge in [-0.25, -0.2) is 14.4 Å². The lowest BCUT2D eigenvalue weighted by Gasteiger charge is -2.21. The van der Waals surface area contributed by atoms with Gasteiger partial charge in [-0.1, -0.05) is 12.1 Å². The van der Waals surface area contributed by atoms with E-state index in [1.54, 1.807) is 18.2 Å². The fourth-order valence-electron chi connectivity index (χ4n) is 3.45. The Labute approximate surface area is 157 Å². The molecule has 1 aromatic heterocycles. The first-order chi connectivity index (χ1) is 13.0. The fraction of sp³-hybridized carbons (Fsp3) is 0.400. The van der Waals surface area contributed by atoms with Gasteiger partial charge in [-0.2, -0.15) is 0 Å². The Balaban J connectivity index is 1.55. The molecule has 1 atom stereocenters. The molecule has 1 aliphatic heterocycles. The van der Waals surface area contributed by atoms with E-state index in [2.05, 4.69) is 9.97 Å². The number of nitrogens with two attached hydrogens (primary N) is 1. The topological polar surface area (TPSA) is 89.2 Å². The van der Waals surface area contributed by atoms with Gasteiger partial charge in [0.1, 0.15) is 17.8 Å². The number of rotatable bonds is 5. The summed E-state index contributed by atoms with van der Waals surface area (Å²) in [6.45, 7) is 1.42. The van der Waals surface area contributed by atoms with Crippen molar-refractivity contribution < 1.29 is 14.0 Å². The summed E-state index contributed by atoms with van der Waals surface area (Å²) in [5.74, 6) is -0.394. The van der Waals surface area contributed by atoms with Crippen molar-refractivity contribution in [2.45, 2.75) is 32.1 Å². The molecule has 1 aromatic carbocycles. The largest absolute Gasteiger partial charge is 0.364 e. The van der Waals surface area contributed by atoms with Crippen LogP contribution in [0.5, 0.6) is 0 Å². The number of amides is 2. The molecule has 0 bridgehead atoms. The number of likely N-dealkylation sites (tertiary alicyclic amines) is 1. The smallest absolute Gasteiger partial charge is 0.267 e. The second kappa shape index (κ2) is 8.70. The molecule has 27 heavy (non-hydrogen) atoms. The van der Waals surface area contributed by atoms with Crippen molar-refractivity contribution in [3.8, 4) is 0 Å². The van der Waals surface area contributed by atoms with Crippen LogP contribution in [0.4, 0.5) is 4.39 Å². The SMILES string of the molecule is NC(=O)c1cc(CC2CCCN(C(=O)Cc3ccc(F)cc3)CC2)ncn1. The first-order valence-corrected chi connectivity index (χ1v) is 9.14. The van der Waals surface area contributed by atoms with Crippen LogP contribution in [0.3, 0.4) is 0 Å². The van der Waals surface area contributed by atoms with Gasteiger partial charge in [-0.15, -0.1) is 0 Å². The number of carbonyl (C=O) groups excluding carboxylic acids is 2. The molecule has 3 rings (SSSR count). The molecule has 0 saturated carbocycles. The third-order valence-corrected chi connectivity index (χ3v) is 4.94. The zero-order chi connectivity index (χ0) is 19.2. The minimum Gasteiger partial charge on any atom is -0.364 e. The fourth-order valence-corrected chi connectivity index (χ4v) is 3.45. The van der Waals surface area contributed by atoms with Crippen LogP contribution < -0.4 is 5.73 Å². The third-order valence-electron chi connectivity index (χ3n) is 4.94. The van der Waals surface area contributed by atoms with Crippen LogP contribution >= 0.6 is 0 Å². The molecule has 7 heteroatoms. The monoisotopic (exact) mass is 370 g/mol. The number of nitrogens with zero attached hydrogens (tertiary/aromatic N) is 3. The molecule has 2 amide bonds. The predicted molar refractivity (Wildman–Crippen MR) is 98.3 cm³/mol.